The molecule has 4 rings (SSSR count). The van der Waals surface area contributed by atoms with Gasteiger partial charge in [-0.3, -0.25) is 9.59 Å². The van der Waals surface area contributed by atoms with Gasteiger partial charge in [0.25, 0.3) is 5.56 Å². The van der Waals surface area contributed by atoms with Crippen LogP contribution in [0.1, 0.15) is 54.0 Å². The van der Waals surface area contributed by atoms with Gasteiger partial charge in [-0.25, -0.2) is 4.39 Å². The molecule has 0 unspecified atom stereocenters. The summed E-state index contributed by atoms with van der Waals surface area (Å²) in [6, 6.07) is 5.20. The molecule has 1 aromatic heterocycles. The van der Waals surface area contributed by atoms with Gasteiger partial charge >= 0.3 is 6.18 Å². The van der Waals surface area contributed by atoms with Crippen LogP contribution in [-0.2, 0) is 11.0 Å². The molecule has 29 heavy (non-hydrogen) atoms. The lowest BCUT2D eigenvalue weighted by molar-refractivity contribution is -0.137. The minimum atomic E-state index is -4.66. The maximum Gasteiger partial charge on any atom is 0.416 e. The summed E-state index contributed by atoms with van der Waals surface area (Å²) in [5.74, 6) is -0.990. The highest BCUT2D eigenvalue weighted by molar-refractivity contribution is 5.82. The van der Waals surface area contributed by atoms with Gasteiger partial charge in [-0.2, -0.15) is 13.2 Å². The van der Waals surface area contributed by atoms with E-state index in [0.717, 1.165) is 25.0 Å². The third-order valence-corrected chi connectivity index (χ3v) is 5.23. The van der Waals surface area contributed by atoms with Crippen LogP contribution in [0.4, 0.5) is 17.6 Å². The molecule has 1 saturated heterocycles. The largest absolute Gasteiger partial charge is 0.416 e. The number of hydrogen-bond donors (Lipinski definition) is 2. The standard InChI is InChI=1S/C21H18F4N2O2/c22-17-9-12(21(23,24)25)3-5-15(17)16(10-13-4-8-19(28)26-13)18-7-6-14(11-1-2-11)20(29)27-18/h3,5-7,9-11,13H,1-2,4,8H2,(H,26,28)(H,27,29)/t13-/m1/s1. The monoisotopic (exact) mass is 406 g/mol. The van der Waals surface area contributed by atoms with E-state index in [4.69, 9.17) is 0 Å². The second-order valence-electron chi connectivity index (χ2n) is 7.42. The number of aromatic nitrogens is 1. The number of halogens is 4. The molecule has 1 amide bonds. The van der Waals surface area contributed by atoms with Crippen molar-refractivity contribution in [3.05, 3.63) is 75.0 Å². The van der Waals surface area contributed by atoms with E-state index in [1.54, 1.807) is 18.2 Å². The first-order valence-electron chi connectivity index (χ1n) is 9.34. The van der Waals surface area contributed by atoms with E-state index >= 15 is 0 Å². The second kappa shape index (κ2) is 7.17. The Kier molecular flexibility index (Phi) is 4.80. The van der Waals surface area contributed by atoms with Crippen LogP contribution in [0.5, 0.6) is 0 Å². The van der Waals surface area contributed by atoms with E-state index in [1.165, 1.54) is 0 Å². The van der Waals surface area contributed by atoms with Crippen molar-refractivity contribution in [3.63, 3.8) is 0 Å². The number of carbonyl (C=O) groups excluding carboxylic acids is 1. The second-order valence-corrected chi connectivity index (χ2v) is 7.42. The van der Waals surface area contributed by atoms with Gasteiger partial charge in [0.1, 0.15) is 5.82 Å². The highest BCUT2D eigenvalue weighted by Crippen LogP contribution is 2.38. The fraction of sp³-hybridized carbons (Fsp3) is 0.333. The van der Waals surface area contributed by atoms with Crippen molar-refractivity contribution in [2.45, 2.75) is 43.8 Å². The lowest BCUT2D eigenvalue weighted by Crippen LogP contribution is -2.24. The average Bonchev–Trinajstić information content (AvgIpc) is 3.41. The fourth-order valence-electron chi connectivity index (χ4n) is 3.56. The normalized spacial score (nSPS) is 20.1. The van der Waals surface area contributed by atoms with E-state index < -0.39 is 23.6 Å². The van der Waals surface area contributed by atoms with E-state index in [-0.39, 0.29) is 28.5 Å². The summed E-state index contributed by atoms with van der Waals surface area (Å²) in [5.41, 5.74) is -0.283. The Hall–Kier alpha value is -2.90. The summed E-state index contributed by atoms with van der Waals surface area (Å²) in [7, 11) is 0. The van der Waals surface area contributed by atoms with Crippen LogP contribution in [0.2, 0.25) is 0 Å². The van der Waals surface area contributed by atoms with E-state index in [0.29, 0.717) is 30.2 Å². The lowest BCUT2D eigenvalue weighted by Gasteiger charge is -2.15. The first-order chi connectivity index (χ1) is 13.7. The van der Waals surface area contributed by atoms with Crippen molar-refractivity contribution in [1.29, 1.82) is 0 Å². The predicted molar refractivity (Wildman–Crippen MR) is 98.7 cm³/mol. The number of pyridine rings is 1. The summed E-state index contributed by atoms with van der Waals surface area (Å²) in [6.45, 7) is 0. The molecule has 1 aliphatic heterocycles. The molecule has 1 aromatic carbocycles. The zero-order valence-electron chi connectivity index (χ0n) is 15.3. The molecule has 2 heterocycles. The van der Waals surface area contributed by atoms with Crippen molar-refractivity contribution in [2.75, 3.05) is 0 Å². The van der Waals surface area contributed by atoms with Gasteiger partial charge in [0, 0.05) is 34.9 Å². The number of H-pyrrole nitrogens is 1. The van der Waals surface area contributed by atoms with E-state index in [2.05, 4.69) is 10.3 Å². The Morgan fingerprint density at radius 3 is 2.38 bits per heavy atom. The minimum Gasteiger partial charge on any atom is -0.350 e. The molecule has 0 spiro atoms. The highest BCUT2D eigenvalue weighted by Gasteiger charge is 2.32. The zero-order valence-corrected chi connectivity index (χ0v) is 15.3. The van der Waals surface area contributed by atoms with Crippen molar-refractivity contribution < 1.29 is 22.4 Å². The molecular formula is C21H18F4N2O2. The van der Waals surface area contributed by atoms with Gasteiger partial charge in [0.05, 0.1) is 5.56 Å². The number of aromatic amines is 1. The van der Waals surface area contributed by atoms with Gasteiger partial charge in [-0.05, 0) is 43.4 Å². The molecule has 1 aliphatic carbocycles. The Bertz CT molecular complexity index is 1050. The van der Waals surface area contributed by atoms with Crippen molar-refractivity contribution in [2.24, 2.45) is 0 Å². The maximum absolute atomic E-state index is 14.7. The van der Waals surface area contributed by atoms with Crippen molar-refractivity contribution >= 4 is 11.5 Å². The molecule has 0 bridgehead atoms. The third kappa shape index (κ3) is 4.11. The summed E-state index contributed by atoms with van der Waals surface area (Å²) in [5, 5.41) is 2.72. The van der Waals surface area contributed by atoms with Crippen LogP contribution >= 0.6 is 0 Å². The number of amides is 1. The molecule has 2 aromatic rings. The van der Waals surface area contributed by atoms with Crippen LogP contribution in [0.15, 0.2) is 41.2 Å². The number of nitrogens with one attached hydrogen (secondary N) is 2. The van der Waals surface area contributed by atoms with Gasteiger partial charge in [0.15, 0.2) is 0 Å². The average molecular weight is 406 g/mol. The topological polar surface area (TPSA) is 62.0 Å². The van der Waals surface area contributed by atoms with Gasteiger partial charge in [-0.1, -0.05) is 18.2 Å². The van der Waals surface area contributed by atoms with Crippen LogP contribution in [0.25, 0.3) is 5.57 Å². The highest BCUT2D eigenvalue weighted by atomic mass is 19.4. The van der Waals surface area contributed by atoms with Crippen molar-refractivity contribution in [1.82, 2.24) is 10.3 Å². The van der Waals surface area contributed by atoms with Crippen LogP contribution in [0.3, 0.4) is 0 Å². The SMILES string of the molecule is O=C1CC[C@H](C=C(c2ccc(C3CC3)c(=O)[nH]2)c2ccc(C(F)(F)F)cc2F)N1. The number of carbonyl (C=O) groups is 1. The summed E-state index contributed by atoms with van der Waals surface area (Å²) in [6.07, 6.45) is -0.420. The molecule has 1 saturated carbocycles. The summed E-state index contributed by atoms with van der Waals surface area (Å²) < 4.78 is 53.4. The summed E-state index contributed by atoms with van der Waals surface area (Å²) >= 11 is 0. The molecule has 0 radical (unpaired) electrons. The minimum absolute atomic E-state index is 0.0750. The lowest BCUT2D eigenvalue weighted by atomic mass is 9.96. The van der Waals surface area contributed by atoms with Crippen LogP contribution < -0.4 is 10.9 Å². The zero-order chi connectivity index (χ0) is 20.8. The molecule has 152 valence electrons. The predicted octanol–water partition coefficient (Wildman–Crippen LogP) is 4.12. The molecule has 8 heteroatoms. The maximum atomic E-state index is 14.7. The first kappa shape index (κ1) is 19.4. The Morgan fingerprint density at radius 2 is 1.83 bits per heavy atom. The Labute approximate surface area is 163 Å². The van der Waals surface area contributed by atoms with Gasteiger partial charge in [0.2, 0.25) is 5.91 Å². The first-order valence-corrected chi connectivity index (χ1v) is 9.34. The smallest absolute Gasteiger partial charge is 0.350 e. The van der Waals surface area contributed by atoms with Gasteiger partial charge < -0.3 is 10.3 Å². The van der Waals surface area contributed by atoms with E-state index in [1.807, 2.05) is 0 Å². The molecule has 2 fully saturated rings. The Morgan fingerprint density at radius 1 is 1.07 bits per heavy atom. The number of rotatable bonds is 4. The molecular weight excluding hydrogens is 388 g/mol. The number of hydrogen-bond acceptors (Lipinski definition) is 2. The fourth-order valence-corrected chi connectivity index (χ4v) is 3.56. The van der Waals surface area contributed by atoms with Crippen molar-refractivity contribution in [3.8, 4) is 0 Å². The number of benzene rings is 1. The number of alkyl halides is 3. The van der Waals surface area contributed by atoms with Gasteiger partial charge in [-0.15, -0.1) is 0 Å². The molecule has 2 N–H and O–H groups in total. The quantitative estimate of drug-likeness (QED) is 0.751. The third-order valence-electron chi connectivity index (χ3n) is 5.23. The Balaban J connectivity index is 1.79. The summed E-state index contributed by atoms with van der Waals surface area (Å²) in [4.78, 5) is 26.7. The van der Waals surface area contributed by atoms with Crippen LogP contribution in [0, 0.1) is 5.82 Å². The van der Waals surface area contributed by atoms with Crippen LogP contribution in [-0.4, -0.2) is 16.9 Å². The molecule has 2 aliphatic rings. The molecule has 1 atom stereocenters. The molecule has 4 nitrogen and oxygen atoms in total. The van der Waals surface area contributed by atoms with E-state index in [9.17, 15) is 27.2 Å².